The van der Waals surface area contributed by atoms with Crippen LogP contribution in [-0.4, -0.2) is 39.4 Å². The highest BCUT2D eigenvalue weighted by atomic mass is 16.4. The predicted molar refractivity (Wildman–Crippen MR) is 50.2 cm³/mol. The summed E-state index contributed by atoms with van der Waals surface area (Å²) in [5.74, 6) is 0.280. The van der Waals surface area contributed by atoms with Gasteiger partial charge in [-0.3, -0.25) is 5.10 Å². The van der Waals surface area contributed by atoms with E-state index in [4.69, 9.17) is 5.11 Å². The summed E-state index contributed by atoms with van der Waals surface area (Å²) in [5, 5.41) is 15.6. The molecule has 1 saturated heterocycles. The van der Waals surface area contributed by atoms with Gasteiger partial charge in [-0.15, -0.1) is 0 Å². The van der Waals surface area contributed by atoms with E-state index in [1.807, 2.05) is 6.07 Å². The van der Waals surface area contributed by atoms with Gasteiger partial charge >= 0.3 is 6.09 Å². The fraction of sp³-hybridized carbons (Fsp3) is 0.556. The van der Waals surface area contributed by atoms with E-state index in [2.05, 4.69) is 10.2 Å². The van der Waals surface area contributed by atoms with Crippen LogP contribution in [0.5, 0.6) is 0 Å². The van der Waals surface area contributed by atoms with Crippen molar-refractivity contribution in [1.29, 1.82) is 0 Å². The normalized spacial score (nSPS) is 22.3. The molecule has 2 heterocycles. The van der Waals surface area contributed by atoms with Gasteiger partial charge in [0.25, 0.3) is 0 Å². The molecule has 1 fully saturated rings. The first-order valence-electron chi connectivity index (χ1n) is 4.74. The first kappa shape index (κ1) is 9.05. The Morgan fingerprint density at radius 2 is 2.57 bits per heavy atom. The number of nitrogens with zero attached hydrogens (tertiary/aromatic N) is 2. The quantitative estimate of drug-likeness (QED) is 0.708. The molecule has 76 valence electrons. The van der Waals surface area contributed by atoms with Gasteiger partial charge in [-0.05, 0) is 18.9 Å². The van der Waals surface area contributed by atoms with Crippen LogP contribution >= 0.6 is 0 Å². The van der Waals surface area contributed by atoms with E-state index in [-0.39, 0.29) is 5.92 Å². The van der Waals surface area contributed by atoms with Crippen molar-refractivity contribution in [2.75, 3.05) is 13.1 Å². The lowest BCUT2D eigenvalue weighted by molar-refractivity contribution is 0.130. The Balaban J connectivity index is 2.04. The number of likely N-dealkylation sites (tertiary alicyclic amines) is 1. The first-order chi connectivity index (χ1) is 6.77. The van der Waals surface area contributed by atoms with Gasteiger partial charge in [-0.2, -0.15) is 5.10 Å². The molecular weight excluding hydrogens is 182 g/mol. The van der Waals surface area contributed by atoms with Crippen LogP contribution in [0.4, 0.5) is 4.79 Å². The topological polar surface area (TPSA) is 69.2 Å². The largest absolute Gasteiger partial charge is 0.465 e. The van der Waals surface area contributed by atoms with E-state index in [1.165, 1.54) is 4.90 Å². The van der Waals surface area contributed by atoms with Crippen LogP contribution in [0.25, 0.3) is 0 Å². The van der Waals surface area contributed by atoms with Crippen LogP contribution in [0.1, 0.15) is 24.5 Å². The molecule has 0 spiro atoms. The summed E-state index contributed by atoms with van der Waals surface area (Å²) in [7, 11) is 0. The Bertz CT molecular complexity index is 310. The Labute approximate surface area is 81.7 Å². The molecule has 14 heavy (non-hydrogen) atoms. The summed E-state index contributed by atoms with van der Waals surface area (Å²) in [5.41, 5.74) is 1.04. The van der Waals surface area contributed by atoms with Crippen LogP contribution < -0.4 is 0 Å². The van der Waals surface area contributed by atoms with Gasteiger partial charge in [-0.1, -0.05) is 0 Å². The third-order valence-electron chi connectivity index (χ3n) is 2.65. The maximum atomic E-state index is 10.8. The number of H-pyrrole nitrogens is 1. The molecule has 2 rings (SSSR count). The number of hydrogen-bond donors (Lipinski definition) is 2. The molecule has 1 atom stereocenters. The van der Waals surface area contributed by atoms with Gasteiger partial charge in [0.05, 0.1) is 0 Å². The second-order valence-corrected chi connectivity index (χ2v) is 3.58. The molecular formula is C9H13N3O2. The summed E-state index contributed by atoms with van der Waals surface area (Å²) < 4.78 is 0. The minimum atomic E-state index is -0.825. The Kier molecular flexibility index (Phi) is 2.39. The maximum absolute atomic E-state index is 10.8. The predicted octanol–water partition coefficient (Wildman–Crippen LogP) is 1.27. The van der Waals surface area contributed by atoms with Gasteiger partial charge in [0, 0.05) is 30.9 Å². The average molecular weight is 195 g/mol. The first-order valence-corrected chi connectivity index (χ1v) is 4.74. The number of aromatic amines is 1. The second-order valence-electron chi connectivity index (χ2n) is 3.58. The van der Waals surface area contributed by atoms with Crippen molar-refractivity contribution in [3.05, 3.63) is 18.0 Å². The summed E-state index contributed by atoms with van der Waals surface area (Å²) in [6.07, 6.45) is 2.84. The van der Waals surface area contributed by atoms with Crippen molar-refractivity contribution in [2.24, 2.45) is 0 Å². The van der Waals surface area contributed by atoms with Gasteiger partial charge < -0.3 is 10.0 Å². The number of piperidine rings is 1. The van der Waals surface area contributed by atoms with Crippen molar-refractivity contribution < 1.29 is 9.90 Å². The molecule has 1 amide bonds. The molecule has 1 aliphatic heterocycles. The molecule has 0 aliphatic carbocycles. The van der Waals surface area contributed by atoms with E-state index >= 15 is 0 Å². The van der Waals surface area contributed by atoms with E-state index in [0.717, 1.165) is 18.5 Å². The van der Waals surface area contributed by atoms with E-state index in [1.54, 1.807) is 6.20 Å². The number of nitrogens with one attached hydrogen (secondary N) is 1. The lowest BCUT2D eigenvalue weighted by Gasteiger charge is -2.29. The molecule has 5 heteroatoms. The molecule has 1 aliphatic rings. The van der Waals surface area contributed by atoms with Crippen molar-refractivity contribution in [1.82, 2.24) is 15.1 Å². The van der Waals surface area contributed by atoms with Crippen molar-refractivity contribution in [3.63, 3.8) is 0 Å². The Hall–Kier alpha value is -1.52. The van der Waals surface area contributed by atoms with Gasteiger partial charge in [-0.25, -0.2) is 4.79 Å². The minimum absolute atomic E-state index is 0.280. The number of carboxylic acid groups (broad SMARTS) is 1. The Morgan fingerprint density at radius 1 is 1.71 bits per heavy atom. The molecule has 0 radical (unpaired) electrons. The van der Waals surface area contributed by atoms with Crippen molar-refractivity contribution >= 4 is 6.09 Å². The van der Waals surface area contributed by atoms with E-state index < -0.39 is 6.09 Å². The number of carbonyl (C=O) groups is 1. The summed E-state index contributed by atoms with van der Waals surface area (Å²) in [4.78, 5) is 12.2. The lowest BCUT2D eigenvalue weighted by atomic mass is 9.95. The zero-order chi connectivity index (χ0) is 9.97. The number of aromatic nitrogens is 2. The fourth-order valence-electron chi connectivity index (χ4n) is 1.90. The number of hydrogen-bond acceptors (Lipinski definition) is 2. The smallest absolute Gasteiger partial charge is 0.407 e. The van der Waals surface area contributed by atoms with E-state index in [0.29, 0.717) is 13.1 Å². The van der Waals surface area contributed by atoms with E-state index in [9.17, 15) is 4.79 Å². The minimum Gasteiger partial charge on any atom is -0.465 e. The molecule has 0 saturated carbocycles. The average Bonchev–Trinajstić information content (AvgIpc) is 2.71. The van der Waals surface area contributed by atoms with Gasteiger partial charge in [0.15, 0.2) is 0 Å². The molecule has 1 aromatic rings. The number of amides is 1. The number of rotatable bonds is 1. The molecule has 2 N–H and O–H groups in total. The van der Waals surface area contributed by atoms with Gasteiger partial charge in [0.2, 0.25) is 0 Å². The monoisotopic (exact) mass is 195 g/mol. The lowest BCUT2D eigenvalue weighted by Crippen LogP contribution is -2.38. The molecule has 0 bridgehead atoms. The Morgan fingerprint density at radius 3 is 3.21 bits per heavy atom. The third-order valence-corrected chi connectivity index (χ3v) is 2.65. The van der Waals surface area contributed by atoms with Crippen LogP contribution in [0.15, 0.2) is 12.3 Å². The third kappa shape index (κ3) is 1.71. The highest BCUT2D eigenvalue weighted by Gasteiger charge is 2.24. The summed E-state index contributed by atoms with van der Waals surface area (Å²) in [6.45, 7) is 1.23. The zero-order valence-corrected chi connectivity index (χ0v) is 7.81. The SMILES string of the molecule is O=C(O)N1CCCC(c2ccn[nH]2)C1. The summed E-state index contributed by atoms with van der Waals surface area (Å²) >= 11 is 0. The second kappa shape index (κ2) is 3.69. The molecule has 0 aromatic carbocycles. The highest BCUT2D eigenvalue weighted by Crippen LogP contribution is 2.24. The highest BCUT2D eigenvalue weighted by molar-refractivity contribution is 5.65. The molecule has 1 unspecified atom stereocenters. The fourth-order valence-corrected chi connectivity index (χ4v) is 1.90. The maximum Gasteiger partial charge on any atom is 0.407 e. The summed E-state index contributed by atoms with van der Waals surface area (Å²) in [6, 6.07) is 1.91. The van der Waals surface area contributed by atoms with Crippen LogP contribution in [0, 0.1) is 0 Å². The standard InChI is InChI=1S/C9H13N3O2/c13-9(14)12-5-1-2-7(6-12)8-3-4-10-11-8/h3-4,7H,1-2,5-6H2,(H,10,11)(H,13,14). The zero-order valence-electron chi connectivity index (χ0n) is 7.81. The van der Waals surface area contributed by atoms with Crippen molar-refractivity contribution in [2.45, 2.75) is 18.8 Å². The van der Waals surface area contributed by atoms with Crippen molar-refractivity contribution in [3.8, 4) is 0 Å². The van der Waals surface area contributed by atoms with Crippen LogP contribution in [0.3, 0.4) is 0 Å². The van der Waals surface area contributed by atoms with Crippen LogP contribution in [-0.2, 0) is 0 Å². The van der Waals surface area contributed by atoms with Crippen LogP contribution in [0.2, 0.25) is 0 Å². The van der Waals surface area contributed by atoms with Gasteiger partial charge in [0.1, 0.15) is 0 Å². The molecule has 1 aromatic heterocycles. The molecule has 5 nitrogen and oxygen atoms in total.